The maximum atomic E-state index is 12.6. The number of aromatic nitrogens is 2. The van der Waals surface area contributed by atoms with E-state index in [0.29, 0.717) is 32.3 Å². The third kappa shape index (κ3) is 6.26. The van der Waals surface area contributed by atoms with E-state index >= 15 is 0 Å². The second-order valence-corrected chi connectivity index (χ2v) is 7.33. The fourth-order valence-corrected chi connectivity index (χ4v) is 3.72. The number of hydrogen-bond acceptors (Lipinski definition) is 7. The van der Waals surface area contributed by atoms with E-state index in [4.69, 9.17) is 23.9 Å². The molecule has 3 atom stereocenters. The molecule has 1 aliphatic carbocycles. The largest absolute Gasteiger partial charge is 0.490 e. The van der Waals surface area contributed by atoms with Crippen molar-refractivity contribution >= 4 is 11.9 Å². The van der Waals surface area contributed by atoms with Crippen LogP contribution in [0.25, 0.3) is 0 Å². The minimum absolute atomic E-state index is 0.0732. The number of ether oxygens (including phenoxy) is 2. The van der Waals surface area contributed by atoms with E-state index in [9.17, 15) is 18.0 Å². The van der Waals surface area contributed by atoms with Crippen molar-refractivity contribution < 1.29 is 41.9 Å². The summed E-state index contributed by atoms with van der Waals surface area (Å²) in [5, 5.41) is 10.8. The van der Waals surface area contributed by atoms with Gasteiger partial charge in [-0.2, -0.15) is 13.2 Å². The number of nitrogens with zero attached hydrogens (tertiary/aromatic N) is 3. The van der Waals surface area contributed by atoms with Crippen LogP contribution in [0.3, 0.4) is 0 Å². The van der Waals surface area contributed by atoms with E-state index in [1.165, 1.54) is 6.20 Å². The number of carbonyl (C=O) groups is 2. The molecule has 2 fully saturated rings. The van der Waals surface area contributed by atoms with E-state index in [1.807, 2.05) is 23.1 Å². The van der Waals surface area contributed by atoms with Crippen molar-refractivity contribution in [2.75, 3.05) is 19.8 Å². The first kappa shape index (κ1) is 23.7. The lowest BCUT2D eigenvalue weighted by atomic mass is 10.1. The van der Waals surface area contributed by atoms with Crippen LogP contribution in [0.1, 0.15) is 29.1 Å². The second-order valence-electron chi connectivity index (χ2n) is 7.33. The van der Waals surface area contributed by atoms with Gasteiger partial charge in [0.2, 0.25) is 5.76 Å². The van der Waals surface area contributed by atoms with Crippen molar-refractivity contribution in [2.45, 2.75) is 37.8 Å². The Balaban J connectivity index is 0.000000360. The van der Waals surface area contributed by atoms with Crippen molar-refractivity contribution in [3.63, 3.8) is 0 Å². The van der Waals surface area contributed by atoms with E-state index in [2.05, 4.69) is 10.1 Å². The molecule has 1 amide bonds. The Morgan fingerprint density at radius 1 is 1.22 bits per heavy atom. The van der Waals surface area contributed by atoms with Gasteiger partial charge in [0, 0.05) is 18.8 Å². The summed E-state index contributed by atoms with van der Waals surface area (Å²) in [6, 6.07) is 7.49. The summed E-state index contributed by atoms with van der Waals surface area (Å²) in [7, 11) is 0. The molecule has 0 radical (unpaired) electrons. The molecule has 3 heterocycles. The third-order valence-electron chi connectivity index (χ3n) is 5.12. The van der Waals surface area contributed by atoms with Gasteiger partial charge >= 0.3 is 12.1 Å². The summed E-state index contributed by atoms with van der Waals surface area (Å²) in [6.07, 6.45) is 0.0430. The minimum Gasteiger partial charge on any atom is -0.475 e. The minimum atomic E-state index is -5.08. The Bertz CT molecular complexity index is 878. The highest BCUT2D eigenvalue weighted by atomic mass is 19.4. The molecule has 1 unspecified atom stereocenters. The Hall–Kier alpha value is -2.99. The van der Waals surface area contributed by atoms with Crippen LogP contribution in [0.2, 0.25) is 0 Å². The van der Waals surface area contributed by atoms with E-state index in [1.54, 1.807) is 12.3 Å². The fraction of sp³-hybridized carbons (Fsp3) is 0.500. The van der Waals surface area contributed by atoms with Crippen LogP contribution in [0.15, 0.2) is 41.2 Å². The van der Waals surface area contributed by atoms with Gasteiger partial charge < -0.3 is 24.0 Å². The highest BCUT2D eigenvalue weighted by molar-refractivity contribution is 5.91. The van der Waals surface area contributed by atoms with Crippen molar-refractivity contribution in [1.82, 2.24) is 15.0 Å². The number of carbonyl (C=O) groups excluding carboxylic acids is 1. The number of pyridine rings is 1. The molecule has 9 nitrogen and oxygen atoms in total. The number of amides is 1. The molecule has 1 saturated carbocycles. The van der Waals surface area contributed by atoms with Crippen LogP contribution in [-0.2, 0) is 20.9 Å². The molecule has 4 rings (SSSR count). The van der Waals surface area contributed by atoms with E-state index in [0.717, 1.165) is 18.5 Å². The quantitative estimate of drug-likeness (QED) is 0.729. The summed E-state index contributed by atoms with van der Waals surface area (Å²) in [4.78, 5) is 27.6. The van der Waals surface area contributed by atoms with Crippen LogP contribution in [0.5, 0.6) is 0 Å². The lowest BCUT2D eigenvalue weighted by Crippen LogP contribution is -2.51. The summed E-state index contributed by atoms with van der Waals surface area (Å²) < 4.78 is 48.5. The van der Waals surface area contributed by atoms with E-state index in [-0.39, 0.29) is 23.8 Å². The van der Waals surface area contributed by atoms with Crippen LogP contribution < -0.4 is 0 Å². The number of aliphatic carboxylic acids is 1. The van der Waals surface area contributed by atoms with Crippen molar-refractivity contribution in [2.24, 2.45) is 5.92 Å². The van der Waals surface area contributed by atoms with Crippen LogP contribution in [0.4, 0.5) is 13.2 Å². The smallest absolute Gasteiger partial charge is 0.475 e. The summed E-state index contributed by atoms with van der Waals surface area (Å²) in [6.45, 7) is 2.30. The molecule has 174 valence electrons. The van der Waals surface area contributed by atoms with Crippen molar-refractivity contribution in [3.05, 3.63) is 48.1 Å². The second kappa shape index (κ2) is 10.6. The molecule has 2 aromatic rings. The zero-order valence-corrected chi connectivity index (χ0v) is 16.9. The van der Waals surface area contributed by atoms with Gasteiger partial charge in [-0.1, -0.05) is 11.2 Å². The lowest BCUT2D eigenvalue weighted by Gasteiger charge is -2.37. The van der Waals surface area contributed by atoms with Crippen LogP contribution >= 0.6 is 0 Å². The molecular weight excluding hydrogens is 435 g/mol. The SMILES string of the molecule is O=C(O)C(F)(F)F.O=C(c1ccno1)N1CCO[C@@H]2CC(COCc3ccccn3)C[C@H]21. The number of carboxylic acid groups (broad SMARTS) is 1. The Morgan fingerprint density at radius 2 is 2.00 bits per heavy atom. The monoisotopic (exact) mass is 457 g/mol. The number of halogens is 3. The predicted octanol–water partition coefficient (Wildman–Crippen LogP) is 2.54. The van der Waals surface area contributed by atoms with Crippen molar-refractivity contribution in [3.8, 4) is 0 Å². The molecule has 0 spiro atoms. The maximum Gasteiger partial charge on any atom is 0.490 e. The van der Waals surface area contributed by atoms with Gasteiger partial charge in [-0.25, -0.2) is 4.79 Å². The Labute approximate surface area is 181 Å². The fourth-order valence-electron chi connectivity index (χ4n) is 3.72. The normalized spacial score (nSPS) is 22.6. The zero-order valence-electron chi connectivity index (χ0n) is 16.9. The van der Waals surface area contributed by atoms with Gasteiger partial charge in [-0.05, 0) is 30.9 Å². The molecule has 1 saturated heterocycles. The van der Waals surface area contributed by atoms with E-state index < -0.39 is 12.1 Å². The van der Waals surface area contributed by atoms with Gasteiger partial charge in [0.05, 0.1) is 43.9 Å². The van der Waals surface area contributed by atoms with Gasteiger partial charge in [0.15, 0.2) is 0 Å². The lowest BCUT2D eigenvalue weighted by molar-refractivity contribution is -0.192. The van der Waals surface area contributed by atoms with Crippen LogP contribution in [0, 0.1) is 5.92 Å². The first-order valence-electron chi connectivity index (χ1n) is 9.86. The molecule has 0 aromatic carbocycles. The number of fused-ring (bicyclic) bond motifs is 1. The Morgan fingerprint density at radius 3 is 2.62 bits per heavy atom. The van der Waals surface area contributed by atoms with Crippen molar-refractivity contribution in [1.29, 1.82) is 0 Å². The number of rotatable bonds is 5. The van der Waals surface area contributed by atoms with Gasteiger partial charge in [-0.15, -0.1) is 0 Å². The summed E-state index contributed by atoms with van der Waals surface area (Å²) >= 11 is 0. The average molecular weight is 457 g/mol. The molecular formula is C20H22F3N3O6. The number of alkyl halides is 3. The topological polar surface area (TPSA) is 115 Å². The predicted molar refractivity (Wildman–Crippen MR) is 101 cm³/mol. The number of morpholine rings is 1. The van der Waals surface area contributed by atoms with Gasteiger partial charge in [-0.3, -0.25) is 9.78 Å². The number of hydrogen-bond donors (Lipinski definition) is 1. The Kier molecular flexibility index (Phi) is 7.80. The zero-order chi connectivity index (χ0) is 23.1. The van der Waals surface area contributed by atoms with Crippen LogP contribution in [-0.4, -0.2) is 70.1 Å². The first-order chi connectivity index (χ1) is 15.3. The number of carboxylic acids is 1. The summed E-state index contributed by atoms with van der Waals surface area (Å²) in [5.41, 5.74) is 0.927. The third-order valence-corrected chi connectivity index (χ3v) is 5.12. The first-order valence-corrected chi connectivity index (χ1v) is 9.86. The molecule has 2 aromatic heterocycles. The maximum absolute atomic E-state index is 12.6. The molecule has 0 bridgehead atoms. The van der Waals surface area contributed by atoms with Gasteiger partial charge in [0.1, 0.15) is 0 Å². The van der Waals surface area contributed by atoms with Gasteiger partial charge in [0.25, 0.3) is 5.91 Å². The molecule has 1 aliphatic heterocycles. The standard InChI is InChI=1S/C18H21N3O4.C2HF3O2/c22-18(16-4-6-20-25-16)21-7-8-24-17-10-13(9-15(17)21)11-23-12-14-3-1-2-5-19-14;3-2(4,5)1(6)7/h1-6,13,15,17H,7-12H2;(H,6,7)/t13?,15-,17-;/m1./s1. The average Bonchev–Trinajstić information content (AvgIpc) is 3.43. The molecule has 12 heteroatoms. The molecule has 32 heavy (non-hydrogen) atoms. The summed E-state index contributed by atoms with van der Waals surface area (Å²) in [5.74, 6) is -2.20. The highest BCUT2D eigenvalue weighted by Crippen LogP contribution is 2.35. The highest BCUT2D eigenvalue weighted by Gasteiger charge is 2.43. The molecule has 1 N–H and O–H groups in total. The molecule has 2 aliphatic rings.